The number of nitriles is 1. The zero-order chi connectivity index (χ0) is 15.9. The molecule has 0 amide bonds. The molecule has 0 aromatic heterocycles. The average molecular weight is 335 g/mol. The normalized spacial score (nSPS) is 20.1. The van der Waals surface area contributed by atoms with Crippen molar-refractivity contribution in [3.8, 4) is 6.07 Å². The lowest BCUT2D eigenvalue weighted by molar-refractivity contribution is 0.176. The van der Waals surface area contributed by atoms with Gasteiger partial charge in [0.2, 0.25) is 0 Å². The molecule has 0 bridgehead atoms. The first-order valence-corrected chi connectivity index (χ1v) is 9.47. The van der Waals surface area contributed by atoms with Crippen molar-refractivity contribution in [2.45, 2.75) is 31.4 Å². The number of hydrogen-bond acceptors (Lipinski definition) is 5. The average Bonchev–Trinajstić information content (AvgIpc) is 2.60. The van der Waals surface area contributed by atoms with E-state index in [0.29, 0.717) is 19.7 Å². The van der Waals surface area contributed by atoms with E-state index in [0.717, 1.165) is 12.2 Å². The molecule has 0 aromatic rings. The van der Waals surface area contributed by atoms with Crippen molar-refractivity contribution < 1.29 is 13.2 Å². The molecule has 6 nitrogen and oxygen atoms in total. The Morgan fingerprint density at radius 1 is 1.38 bits per heavy atom. The van der Waals surface area contributed by atoms with Gasteiger partial charge in [-0.05, 0) is 6.42 Å². The molecule has 1 fully saturated rings. The lowest BCUT2D eigenvalue weighted by atomic mass is 10.1. The maximum absolute atomic E-state index is 12.7. The fourth-order valence-corrected chi connectivity index (χ4v) is 4.92. The van der Waals surface area contributed by atoms with E-state index in [4.69, 9.17) is 10.00 Å². The third kappa shape index (κ3) is 5.75. The van der Waals surface area contributed by atoms with Crippen LogP contribution in [0, 0.1) is 11.3 Å². The van der Waals surface area contributed by atoms with Gasteiger partial charge in [0.25, 0.3) is 10.2 Å². The first-order valence-electron chi connectivity index (χ1n) is 7.08. The Morgan fingerprint density at radius 3 is 2.71 bits per heavy atom. The Kier molecular flexibility index (Phi) is 7.44. The van der Waals surface area contributed by atoms with Crippen molar-refractivity contribution in [1.82, 2.24) is 8.61 Å². The Labute approximate surface area is 132 Å². The van der Waals surface area contributed by atoms with Crippen LogP contribution in [0.25, 0.3) is 0 Å². The Hall–Kier alpha value is -0.330. The van der Waals surface area contributed by atoms with E-state index in [9.17, 15) is 8.42 Å². The van der Waals surface area contributed by atoms with Crippen LogP contribution in [0.1, 0.15) is 26.7 Å². The molecule has 0 N–H and O–H groups in total. The molecule has 122 valence electrons. The van der Waals surface area contributed by atoms with Gasteiger partial charge in [-0.2, -0.15) is 34.1 Å². The minimum atomic E-state index is -3.52. The van der Waals surface area contributed by atoms with Crippen LogP contribution >= 0.6 is 11.8 Å². The van der Waals surface area contributed by atoms with Crippen molar-refractivity contribution in [3.05, 3.63) is 0 Å². The topological polar surface area (TPSA) is 73.6 Å². The molecule has 8 heteroatoms. The van der Waals surface area contributed by atoms with Crippen LogP contribution in [-0.4, -0.2) is 67.4 Å². The van der Waals surface area contributed by atoms with Crippen molar-refractivity contribution >= 4 is 22.0 Å². The fourth-order valence-electron chi connectivity index (χ4n) is 2.11. The van der Waals surface area contributed by atoms with E-state index in [1.54, 1.807) is 23.2 Å². The standard InChI is InChI=1S/C13H25N3O3S2/c1-13(2)5-8-16(10-12-20-13)21(17,18)15(7-4-6-14)9-11-19-3/h4-5,7-12H2,1-3H3. The highest BCUT2D eigenvalue weighted by Gasteiger charge is 2.33. The lowest BCUT2D eigenvalue weighted by Crippen LogP contribution is -2.46. The van der Waals surface area contributed by atoms with Gasteiger partial charge in [0.05, 0.1) is 12.7 Å². The molecule has 0 aromatic carbocycles. The SMILES string of the molecule is COCCN(CCC#N)S(=O)(=O)N1CCSC(C)(C)CC1. The molecule has 0 aliphatic carbocycles. The summed E-state index contributed by atoms with van der Waals surface area (Å²) in [6, 6.07) is 2.01. The number of methoxy groups -OCH3 is 1. The molecular formula is C13H25N3O3S2. The van der Waals surface area contributed by atoms with Crippen LogP contribution in [0.15, 0.2) is 0 Å². The van der Waals surface area contributed by atoms with Gasteiger partial charge in [-0.25, -0.2) is 0 Å². The maximum Gasteiger partial charge on any atom is 0.282 e. The first kappa shape index (κ1) is 18.7. The summed E-state index contributed by atoms with van der Waals surface area (Å²) in [5, 5.41) is 8.71. The van der Waals surface area contributed by atoms with Crippen molar-refractivity contribution in [2.75, 3.05) is 45.6 Å². The summed E-state index contributed by atoms with van der Waals surface area (Å²) in [4.78, 5) is 0. The monoisotopic (exact) mass is 335 g/mol. The molecule has 0 spiro atoms. The summed E-state index contributed by atoms with van der Waals surface area (Å²) in [6.07, 6.45) is 1.02. The van der Waals surface area contributed by atoms with Gasteiger partial charge in [0.15, 0.2) is 0 Å². The molecule has 0 saturated carbocycles. The van der Waals surface area contributed by atoms with Gasteiger partial charge in [0, 0.05) is 50.2 Å². The predicted octanol–water partition coefficient (Wildman–Crippen LogP) is 1.31. The van der Waals surface area contributed by atoms with Gasteiger partial charge in [-0.1, -0.05) is 13.8 Å². The van der Waals surface area contributed by atoms with E-state index in [2.05, 4.69) is 13.8 Å². The van der Waals surface area contributed by atoms with Crippen LogP contribution in [0.3, 0.4) is 0 Å². The summed E-state index contributed by atoms with van der Waals surface area (Å²) in [6.45, 7) is 6.17. The number of thioether (sulfide) groups is 1. The van der Waals surface area contributed by atoms with Gasteiger partial charge in [-0.15, -0.1) is 0 Å². The number of hydrogen-bond donors (Lipinski definition) is 0. The van der Waals surface area contributed by atoms with E-state index < -0.39 is 10.2 Å². The number of rotatable bonds is 7. The minimum Gasteiger partial charge on any atom is -0.383 e. The van der Waals surface area contributed by atoms with Gasteiger partial charge in [0.1, 0.15) is 0 Å². The summed E-state index contributed by atoms with van der Waals surface area (Å²) in [5.74, 6) is 0.794. The second kappa shape index (κ2) is 8.34. The second-order valence-corrected chi connectivity index (χ2v) is 9.30. The van der Waals surface area contributed by atoms with Crippen molar-refractivity contribution in [2.24, 2.45) is 0 Å². The van der Waals surface area contributed by atoms with Crippen LogP contribution in [0.4, 0.5) is 0 Å². The first-order chi connectivity index (χ1) is 9.83. The third-order valence-electron chi connectivity index (χ3n) is 3.47. The predicted molar refractivity (Wildman–Crippen MR) is 85.3 cm³/mol. The van der Waals surface area contributed by atoms with Gasteiger partial charge < -0.3 is 4.74 Å². The molecule has 1 heterocycles. The van der Waals surface area contributed by atoms with E-state index in [1.807, 2.05) is 6.07 Å². The highest BCUT2D eigenvalue weighted by molar-refractivity contribution is 8.00. The molecule has 0 radical (unpaired) electrons. The van der Waals surface area contributed by atoms with Crippen molar-refractivity contribution in [3.63, 3.8) is 0 Å². The van der Waals surface area contributed by atoms with Crippen LogP contribution in [0.2, 0.25) is 0 Å². The lowest BCUT2D eigenvalue weighted by Gasteiger charge is -2.28. The number of nitrogens with zero attached hydrogens (tertiary/aromatic N) is 3. The molecule has 1 aliphatic rings. The highest BCUT2D eigenvalue weighted by atomic mass is 32.2. The van der Waals surface area contributed by atoms with Gasteiger partial charge >= 0.3 is 0 Å². The summed E-state index contributed by atoms with van der Waals surface area (Å²) in [7, 11) is -1.98. The molecular weight excluding hydrogens is 310 g/mol. The van der Waals surface area contributed by atoms with Crippen molar-refractivity contribution in [1.29, 1.82) is 5.26 Å². The zero-order valence-electron chi connectivity index (χ0n) is 13.0. The largest absolute Gasteiger partial charge is 0.383 e. The van der Waals surface area contributed by atoms with Crippen LogP contribution in [0.5, 0.6) is 0 Å². The van der Waals surface area contributed by atoms with E-state index in [1.165, 1.54) is 4.31 Å². The fraction of sp³-hybridized carbons (Fsp3) is 0.923. The molecule has 1 aliphatic heterocycles. The van der Waals surface area contributed by atoms with E-state index in [-0.39, 0.29) is 24.3 Å². The Balaban J connectivity index is 2.81. The quantitative estimate of drug-likeness (QED) is 0.701. The number of ether oxygens (including phenoxy) is 1. The van der Waals surface area contributed by atoms with Crippen LogP contribution in [-0.2, 0) is 14.9 Å². The Bertz CT molecular complexity index is 460. The summed E-state index contributed by atoms with van der Waals surface area (Å²) >= 11 is 1.81. The molecule has 0 unspecified atom stereocenters. The van der Waals surface area contributed by atoms with Crippen LogP contribution < -0.4 is 0 Å². The highest BCUT2D eigenvalue weighted by Crippen LogP contribution is 2.31. The molecule has 21 heavy (non-hydrogen) atoms. The zero-order valence-corrected chi connectivity index (χ0v) is 14.7. The maximum atomic E-state index is 12.7. The molecule has 1 saturated heterocycles. The second-order valence-electron chi connectivity index (χ2n) is 5.56. The smallest absolute Gasteiger partial charge is 0.282 e. The molecule has 0 atom stereocenters. The third-order valence-corrected chi connectivity index (χ3v) is 6.87. The Morgan fingerprint density at radius 2 is 2.10 bits per heavy atom. The van der Waals surface area contributed by atoms with Gasteiger partial charge in [-0.3, -0.25) is 0 Å². The summed E-state index contributed by atoms with van der Waals surface area (Å²) < 4.78 is 33.5. The minimum absolute atomic E-state index is 0.105. The summed E-state index contributed by atoms with van der Waals surface area (Å²) in [5.41, 5.74) is 0. The molecule has 1 rings (SSSR count). The van der Waals surface area contributed by atoms with E-state index >= 15 is 0 Å².